The van der Waals surface area contributed by atoms with Crippen molar-refractivity contribution in [3.8, 4) is 0 Å². The van der Waals surface area contributed by atoms with E-state index in [2.05, 4.69) is 0 Å². The molecule has 0 radical (unpaired) electrons. The van der Waals surface area contributed by atoms with Gasteiger partial charge in [0.2, 0.25) is 0 Å². The van der Waals surface area contributed by atoms with Gasteiger partial charge in [0.1, 0.15) is 0 Å². The van der Waals surface area contributed by atoms with Crippen molar-refractivity contribution in [1.82, 2.24) is 0 Å². The molecule has 0 amide bonds. The molecule has 0 unspecified atom stereocenters. The molecule has 0 bridgehead atoms. The zero-order valence-electron chi connectivity index (χ0n) is 0.707. The zero-order chi connectivity index (χ0) is 0. The number of hydrogen-bond donors (Lipinski definition) is 0. The van der Waals surface area contributed by atoms with Gasteiger partial charge in [-0.25, -0.2) is 0 Å². The molecule has 0 atom stereocenters. The third-order valence-corrected chi connectivity index (χ3v) is 0. The molecule has 0 rings (SSSR count). The molecule has 16 valence electrons. The summed E-state index contributed by atoms with van der Waals surface area (Å²) in [6, 6.07) is 0. The van der Waals surface area contributed by atoms with Crippen molar-refractivity contribution >= 4 is 62.1 Å². The smallest absolute Gasteiger partial charge is 0 e. The van der Waals surface area contributed by atoms with Crippen LogP contribution in [0, 0.1) is 0 Å². The zero-order valence-corrected chi connectivity index (χ0v) is 3.67. The van der Waals surface area contributed by atoms with Crippen LogP contribution in [-0.2, 0) is 19.5 Å². The molecule has 4 heavy (non-hydrogen) atoms. The van der Waals surface area contributed by atoms with Crippen LogP contribution in [0.15, 0.2) is 0 Å². The minimum Gasteiger partial charge on any atom is 0 e. The van der Waals surface area contributed by atoms with Crippen molar-refractivity contribution < 1.29 is 19.5 Å². The average Bonchev–Trinajstić information content (AvgIpc) is 0. The molecule has 4 heteroatoms. The maximum absolute atomic E-state index is 0. The van der Waals surface area contributed by atoms with Crippen molar-refractivity contribution in [1.29, 1.82) is 0 Å². The fraction of sp³-hybridized carbons (Fsp3) is 0. The van der Waals surface area contributed by atoms with Crippen LogP contribution in [0.3, 0.4) is 0 Å². The van der Waals surface area contributed by atoms with Crippen LogP contribution in [0.2, 0.25) is 0 Å². The Labute approximate surface area is 80.3 Å². The first kappa shape index (κ1) is 30.4. The van der Waals surface area contributed by atoms with E-state index < -0.39 is 0 Å². The first-order chi connectivity index (χ1) is 0. The van der Waals surface area contributed by atoms with Gasteiger partial charge >= 0.3 is 44.7 Å². The standard InChI is InChI=1S/Al.In.Li.Zn.7H. The van der Waals surface area contributed by atoms with Crippen LogP contribution in [0.4, 0.5) is 0 Å². The molecule has 0 heterocycles. The maximum atomic E-state index is 0. The normalized spacial score (nSPS) is 0. The summed E-state index contributed by atoms with van der Waals surface area (Å²) in [5.74, 6) is 0. The van der Waals surface area contributed by atoms with Crippen LogP contribution >= 0.6 is 0 Å². The molecule has 0 spiro atoms. The van der Waals surface area contributed by atoms with Gasteiger partial charge in [-0.1, -0.05) is 0 Å². The van der Waals surface area contributed by atoms with E-state index in [0.29, 0.717) is 0 Å². The molecule has 0 saturated carbocycles. The molecule has 0 saturated heterocycles. The number of hydrogen-bond acceptors (Lipinski definition) is 0. The Morgan fingerprint density at radius 1 is 1.00 bits per heavy atom. The molecule has 0 aromatic carbocycles. The minimum atomic E-state index is 0. The van der Waals surface area contributed by atoms with E-state index >= 15 is 0 Å². The van der Waals surface area contributed by atoms with Crippen LogP contribution in [0.25, 0.3) is 0 Å². The van der Waals surface area contributed by atoms with E-state index in [1.165, 1.54) is 0 Å². The van der Waals surface area contributed by atoms with Gasteiger partial charge in [-0.15, -0.1) is 0 Å². The fourth-order valence-corrected chi connectivity index (χ4v) is 0. The SMILES string of the molecule is [AlH3].[InH3].[LiH].[Zn]. The molecule has 0 nitrogen and oxygen atoms in total. The van der Waals surface area contributed by atoms with E-state index in [-0.39, 0.29) is 81.5 Å². The summed E-state index contributed by atoms with van der Waals surface area (Å²) in [5, 5.41) is 0. The molecule has 0 aromatic rings. The van der Waals surface area contributed by atoms with Gasteiger partial charge in [-0.3, -0.25) is 0 Å². The summed E-state index contributed by atoms with van der Waals surface area (Å²) < 4.78 is 0. The van der Waals surface area contributed by atoms with Crippen molar-refractivity contribution in [2.24, 2.45) is 0 Å². The molecule has 0 aliphatic carbocycles. The van der Waals surface area contributed by atoms with E-state index in [1.54, 1.807) is 0 Å². The van der Waals surface area contributed by atoms with Gasteiger partial charge < -0.3 is 0 Å². The molecule has 0 fully saturated rings. The minimum absolute atomic E-state index is 0. The summed E-state index contributed by atoms with van der Waals surface area (Å²) in [4.78, 5) is 0. The number of rotatable bonds is 0. The molecule has 0 aliphatic heterocycles. The Bertz CT molecular complexity index is 8.00. The van der Waals surface area contributed by atoms with Gasteiger partial charge in [0.25, 0.3) is 0 Å². The Morgan fingerprint density at radius 3 is 1.00 bits per heavy atom. The van der Waals surface area contributed by atoms with E-state index in [4.69, 9.17) is 0 Å². The van der Waals surface area contributed by atoms with Gasteiger partial charge in [-0.05, 0) is 0 Å². The van der Waals surface area contributed by atoms with E-state index in [1.807, 2.05) is 0 Å². The second-order valence-electron chi connectivity index (χ2n) is 0. The van der Waals surface area contributed by atoms with E-state index in [0.717, 1.165) is 0 Å². The van der Waals surface area contributed by atoms with Crippen molar-refractivity contribution in [2.75, 3.05) is 0 Å². The Hall–Kier alpha value is 2.62. The average molecular weight is 221 g/mol. The first-order valence-corrected chi connectivity index (χ1v) is 0. The first-order valence-electron chi connectivity index (χ1n) is 0. The monoisotopic (exact) mass is 220 g/mol. The van der Waals surface area contributed by atoms with Crippen LogP contribution in [0.1, 0.15) is 0 Å². The summed E-state index contributed by atoms with van der Waals surface area (Å²) in [5.41, 5.74) is 0. The summed E-state index contributed by atoms with van der Waals surface area (Å²) >= 11 is 0. The fourth-order valence-electron chi connectivity index (χ4n) is 0. The van der Waals surface area contributed by atoms with Gasteiger partial charge in [0.05, 0.1) is 0 Å². The molecule has 0 N–H and O–H groups in total. The van der Waals surface area contributed by atoms with Crippen molar-refractivity contribution in [3.63, 3.8) is 0 Å². The Morgan fingerprint density at radius 2 is 1.00 bits per heavy atom. The van der Waals surface area contributed by atoms with E-state index in [9.17, 15) is 0 Å². The second-order valence-corrected chi connectivity index (χ2v) is 0. The summed E-state index contributed by atoms with van der Waals surface area (Å²) in [6.07, 6.45) is 0. The van der Waals surface area contributed by atoms with Crippen LogP contribution < -0.4 is 0 Å². The Kier molecular flexibility index (Phi) is 133. The molecular weight excluding hydrogens is 214 g/mol. The summed E-state index contributed by atoms with van der Waals surface area (Å²) in [7, 11) is 0. The van der Waals surface area contributed by atoms with Gasteiger partial charge in [-0.2, -0.15) is 0 Å². The van der Waals surface area contributed by atoms with Crippen molar-refractivity contribution in [2.45, 2.75) is 0 Å². The topological polar surface area (TPSA) is 0 Å². The summed E-state index contributed by atoms with van der Waals surface area (Å²) in [6.45, 7) is 0. The largest absolute Gasteiger partial charge is 0 e. The van der Waals surface area contributed by atoms with Gasteiger partial charge in [0, 0.05) is 19.5 Å². The molecule has 0 aliphatic rings. The second kappa shape index (κ2) is 17.5. The third kappa shape index (κ3) is 8.82. The molecular formula is H7AlInLiZn. The quantitative estimate of drug-likeness (QED) is 0.382. The van der Waals surface area contributed by atoms with Gasteiger partial charge in [0.15, 0.2) is 17.4 Å². The van der Waals surface area contributed by atoms with Crippen LogP contribution in [0.5, 0.6) is 0 Å². The molecule has 0 aromatic heterocycles. The van der Waals surface area contributed by atoms with Crippen molar-refractivity contribution in [3.05, 3.63) is 0 Å². The van der Waals surface area contributed by atoms with Crippen LogP contribution in [-0.4, -0.2) is 62.1 Å². The maximum Gasteiger partial charge on any atom is 0 e. The predicted molar refractivity (Wildman–Crippen MR) is 27.0 cm³/mol. The Balaban J connectivity index is 0. The third-order valence-electron chi connectivity index (χ3n) is 0. The predicted octanol–water partition coefficient (Wildman–Crippen LogP) is -3.02.